The van der Waals surface area contributed by atoms with Gasteiger partial charge in [-0.1, -0.05) is 30.3 Å². The van der Waals surface area contributed by atoms with Gasteiger partial charge < -0.3 is 4.90 Å². The van der Waals surface area contributed by atoms with Gasteiger partial charge in [0, 0.05) is 29.1 Å². The van der Waals surface area contributed by atoms with Gasteiger partial charge in [0.25, 0.3) is 0 Å². The highest BCUT2D eigenvalue weighted by Crippen LogP contribution is 2.56. The molecule has 0 spiro atoms. The van der Waals surface area contributed by atoms with E-state index in [2.05, 4.69) is 54.3 Å². The molecular formula is C19H22N2. The van der Waals surface area contributed by atoms with Gasteiger partial charge in [-0.25, -0.2) is 0 Å². The van der Waals surface area contributed by atoms with Crippen LogP contribution in [0.1, 0.15) is 24.8 Å². The molecule has 21 heavy (non-hydrogen) atoms. The van der Waals surface area contributed by atoms with E-state index in [9.17, 15) is 0 Å². The van der Waals surface area contributed by atoms with Crippen LogP contribution in [-0.4, -0.2) is 30.5 Å². The van der Waals surface area contributed by atoms with Crippen molar-refractivity contribution in [3.05, 3.63) is 48.2 Å². The standard InChI is InChI=1S/C19H22N2/c1-21(2)13-19-9-8-15(11-19)17(12-19)16-7-3-5-14-6-4-10-20-18(14)16/h3-7,10,12,15H,8-9,11,13H2,1-2H3. The normalized spacial score (nSPS) is 27.6. The van der Waals surface area contributed by atoms with E-state index in [4.69, 9.17) is 0 Å². The third kappa shape index (κ3) is 2.09. The summed E-state index contributed by atoms with van der Waals surface area (Å²) in [5.74, 6) is 0.734. The number of hydrogen-bond acceptors (Lipinski definition) is 2. The molecule has 2 aromatic rings. The van der Waals surface area contributed by atoms with Gasteiger partial charge in [0.15, 0.2) is 0 Å². The summed E-state index contributed by atoms with van der Waals surface area (Å²) < 4.78 is 0. The van der Waals surface area contributed by atoms with Gasteiger partial charge in [-0.15, -0.1) is 0 Å². The molecule has 0 aliphatic heterocycles. The molecule has 1 heterocycles. The molecule has 2 aliphatic rings. The van der Waals surface area contributed by atoms with E-state index in [1.54, 1.807) is 5.57 Å². The number of rotatable bonds is 3. The van der Waals surface area contributed by atoms with Crippen LogP contribution < -0.4 is 0 Å². The Kier molecular flexibility index (Phi) is 2.90. The van der Waals surface area contributed by atoms with Crippen molar-refractivity contribution in [2.24, 2.45) is 11.3 Å². The highest BCUT2D eigenvalue weighted by molar-refractivity contribution is 5.92. The van der Waals surface area contributed by atoms with Gasteiger partial charge in [-0.2, -0.15) is 0 Å². The molecule has 0 saturated heterocycles. The van der Waals surface area contributed by atoms with Crippen molar-refractivity contribution in [3.63, 3.8) is 0 Å². The van der Waals surface area contributed by atoms with Crippen LogP contribution in [0.4, 0.5) is 0 Å². The molecular weight excluding hydrogens is 256 g/mol. The van der Waals surface area contributed by atoms with E-state index in [1.807, 2.05) is 12.3 Å². The fourth-order valence-electron chi connectivity index (χ4n) is 4.45. The zero-order valence-corrected chi connectivity index (χ0v) is 12.8. The summed E-state index contributed by atoms with van der Waals surface area (Å²) in [4.78, 5) is 6.98. The van der Waals surface area contributed by atoms with Gasteiger partial charge in [0.1, 0.15) is 0 Å². The first-order valence-corrected chi connectivity index (χ1v) is 7.89. The van der Waals surface area contributed by atoms with Crippen LogP contribution in [-0.2, 0) is 0 Å². The van der Waals surface area contributed by atoms with E-state index < -0.39 is 0 Å². The SMILES string of the molecule is CN(C)CC12C=C(c3cccc4cccnc34)C(CC1)C2. The Morgan fingerprint density at radius 3 is 2.95 bits per heavy atom. The zero-order valence-electron chi connectivity index (χ0n) is 12.8. The van der Waals surface area contributed by atoms with Crippen LogP contribution in [0.3, 0.4) is 0 Å². The van der Waals surface area contributed by atoms with Crippen molar-refractivity contribution < 1.29 is 0 Å². The summed E-state index contributed by atoms with van der Waals surface area (Å²) >= 11 is 0. The molecule has 4 rings (SSSR count). The molecule has 1 saturated carbocycles. The van der Waals surface area contributed by atoms with Gasteiger partial charge in [-0.3, -0.25) is 4.98 Å². The molecule has 2 unspecified atom stereocenters. The highest BCUT2D eigenvalue weighted by atomic mass is 15.1. The second-order valence-electron chi connectivity index (χ2n) is 7.02. The monoisotopic (exact) mass is 278 g/mol. The van der Waals surface area contributed by atoms with Crippen molar-refractivity contribution in [1.29, 1.82) is 0 Å². The number of allylic oxidation sites excluding steroid dienone is 1. The number of benzene rings is 1. The predicted octanol–water partition coefficient (Wildman–Crippen LogP) is 3.98. The lowest BCUT2D eigenvalue weighted by Gasteiger charge is -2.27. The smallest absolute Gasteiger partial charge is 0.0776 e. The summed E-state index contributed by atoms with van der Waals surface area (Å²) in [6, 6.07) is 10.8. The number of hydrogen-bond donors (Lipinski definition) is 0. The highest BCUT2D eigenvalue weighted by Gasteiger charge is 2.45. The zero-order chi connectivity index (χ0) is 14.4. The molecule has 1 fully saturated rings. The van der Waals surface area contributed by atoms with Crippen molar-refractivity contribution >= 4 is 16.5 Å². The predicted molar refractivity (Wildman–Crippen MR) is 88.0 cm³/mol. The molecule has 0 amide bonds. The van der Waals surface area contributed by atoms with Gasteiger partial charge in [-0.05, 0) is 50.9 Å². The lowest BCUT2D eigenvalue weighted by molar-refractivity contribution is 0.261. The minimum absolute atomic E-state index is 0.403. The second-order valence-corrected chi connectivity index (χ2v) is 7.02. The second kappa shape index (κ2) is 4.67. The molecule has 2 aliphatic carbocycles. The minimum atomic E-state index is 0.403. The van der Waals surface area contributed by atoms with E-state index in [1.165, 1.54) is 42.3 Å². The van der Waals surface area contributed by atoms with E-state index in [0.29, 0.717) is 5.41 Å². The molecule has 2 bridgehead atoms. The Hall–Kier alpha value is -1.67. The molecule has 1 aromatic heterocycles. The Labute approximate surface area is 126 Å². The van der Waals surface area contributed by atoms with Crippen LogP contribution in [0, 0.1) is 11.3 Å². The summed E-state index contributed by atoms with van der Waals surface area (Å²) in [5.41, 5.74) is 4.48. The third-order valence-corrected chi connectivity index (χ3v) is 5.12. The van der Waals surface area contributed by atoms with Crippen molar-refractivity contribution in [3.8, 4) is 0 Å². The van der Waals surface area contributed by atoms with Crippen LogP contribution in [0.5, 0.6) is 0 Å². The van der Waals surface area contributed by atoms with Crippen LogP contribution in [0.25, 0.3) is 16.5 Å². The molecule has 108 valence electrons. The average molecular weight is 278 g/mol. The molecule has 2 heteroatoms. The lowest BCUT2D eigenvalue weighted by atomic mass is 9.85. The number of nitrogens with zero attached hydrogens (tertiary/aromatic N) is 2. The first-order chi connectivity index (χ1) is 10.2. The topological polar surface area (TPSA) is 16.1 Å². The van der Waals surface area contributed by atoms with Crippen LogP contribution in [0.2, 0.25) is 0 Å². The van der Waals surface area contributed by atoms with E-state index in [-0.39, 0.29) is 0 Å². The fraction of sp³-hybridized carbons (Fsp3) is 0.421. The van der Waals surface area contributed by atoms with Gasteiger partial charge in [0.05, 0.1) is 5.52 Å². The number of aromatic nitrogens is 1. The van der Waals surface area contributed by atoms with Crippen LogP contribution in [0.15, 0.2) is 42.6 Å². The molecule has 1 aromatic carbocycles. The van der Waals surface area contributed by atoms with Crippen LogP contribution >= 0.6 is 0 Å². The first-order valence-electron chi connectivity index (χ1n) is 7.89. The lowest BCUT2D eigenvalue weighted by Crippen LogP contribution is -2.28. The molecule has 0 radical (unpaired) electrons. The van der Waals surface area contributed by atoms with Crippen molar-refractivity contribution in [2.75, 3.05) is 20.6 Å². The summed E-state index contributed by atoms with van der Waals surface area (Å²) in [6.07, 6.45) is 8.49. The first kappa shape index (κ1) is 13.0. The summed E-state index contributed by atoms with van der Waals surface area (Å²) in [7, 11) is 4.38. The fourth-order valence-corrected chi connectivity index (χ4v) is 4.45. The van der Waals surface area contributed by atoms with Crippen molar-refractivity contribution in [1.82, 2.24) is 9.88 Å². The average Bonchev–Trinajstić information content (AvgIpc) is 3.03. The number of para-hydroxylation sites is 1. The van der Waals surface area contributed by atoms with Crippen molar-refractivity contribution in [2.45, 2.75) is 19.3 Å². The minimum Gasteiger partial charge on any atom is -0.309 e. The largest absolute Gasteiger partial charge is 0.309 e. The Balaban J connectivity index is 1.81. The Morgan fingerprint density at radius 2 is 2.10 bits per heavy atom. The Bertz CT molecular complexity index is 711. The van der Waals surface area contributed by atoms with E-state index >= 15 is 0 Å². The van der Waals surface area contributed by atoms with Gasteiger partial charge >= 0.3 is 0 Å². The maximum Gasteiger partial charge on any atom is 0.0776 e. The quantitative estimate of drug-likeness (QED) is 0.844. The third-order valence-electron chi connectivity index (χ3n) is 5.12. The van der Waals surface area contributed by atoms with Gasteiger partial charge in [0.2, 0.25) is 0 Å². The summed E-state index contributed by atoms with van der Waals surface area (Å²) in [5, 5.41) is 1.25. The van der Waals surface area contributed by atoms with E-state index in [0.717, 1.165) is 5.92 Å². The molecule has 2 nitrogen and oxygen atoms in total. The molecule has 2 atom stereocenters. The summed E-state index contributed by atoms with van der Waals surface area (Å²) in [6.45, 7) is 1.17. The number of fused-ring (bicyclic) bond motifs is 3. The Morgan fingerprint density at radius 1 is 1.24 bits per heavy atom. The molecule has 0 N–H and O–H groups in total. The number of pyridine rings is 1. The maximum absolute atomic E-state index is 4.64. The maximum atomic E-state index is 4.64.